The maximum atomic E-state index is 12.9. The van der Waals surface area contributed by atoms with E-state index in [0.29, 0.717) is 11.3 Å². The highest BCUT2D eigenvalue weighted by Gasteiger charge is 2.31. The summed E-state index contributed by atoms with van der Waals surface area (Å²) in [6, 6.07) is 24.4. The van der Waals surface area contributed by atoms with E-state index in [-0.39, 0.29) is 5.91 Å². The van der Waals surface area contributed by atoms with Crippen LogP contribution in [0.2, 0.25) is 0 Å². The number of hydrogen-bond acceptors (Lipinski definition) is 3. The van der Waals surface area contributed by atoms with Crippen molar-refractivity contribution in [3.05, 3.63) is 102 Å². The average Bonchev–Trinajstić information content (AvgIpc) is 2.74. The number of anilines is 1. The lowest BCUT2D eigenvalue weighted by Crippen LogP contribution is -2.48. The van der Waals surface area contributed by atoms with Crippen LogP contribution in [-0.4, -0.2) is 23.8 Å². The van der Waals surface area contributed by atoms with E-state index in [9.17, 15) is 14.4 Å². The Labute approximate surface area is 175 Å². The smallest absolute Gasteiger partial charge is 0.252 e. The number of carbonyl (C=O) groups is 3. The van der Waals surface area contributed by atoms with E-state index in [1.165, 1.54) is 6.92 Å². The second-order valence-corrected chi connectivity index (χ2v) is 6.91. The molecule has 3 aromatic carbocycles. The Hall–Kier alpha value is -3.93. The topological polar surface area (TPSA) is 101 Å². The van der Waals surface area contributed by atoms with E-state index < -0.39 is 23.8 Å². The average molecular weight is 401 g/mol. The van der Waals surface area contributed by atoms with E-state index >= 15 is 0 Å². The molecule has 0 aliphatic carbocycles. The fourth-order valence-corrected chi connectivity index (χ4v) is 3.38. The molecular weight excluding hydrogens is 378 g/mol. The molecule has 0 radical (unpaired) electrons. The molecule has 6 nitrogen and oxygen atoms in total. The number of benzene rings is 3. The Bertz CT molecular complexity index is 996. The molecule has 3 amide bonds. The second-order valence-electron chi connectivity index (χ2n) is 6.91. The highest BCUT2D eigenvalue weighted by atomic mass is 16.2. The SMILES string of the molecule is CC(=O)Nc1cccc(C(=O)N[C@H](C(N)=O)C(c2ccccc2)c2ccccc2)c1. The summed E-state index contributed by atoms with van der Waals surface area (Å²) in [4.78, 5) is 36.6. The quantitative estimate of drug-likeness (QED) is 0.567. The van der Waals surface area contributed by atoms with Gasteiger partial charge in [-0.3, -0.25) is 14.4 Å². The number of carbonyl (C=O) groups excluding carboxylic acids is 3. The van der Waals surface area contributed by atoms with Gasteiger partial charge in [-0.15, -0.1) is 0 Å². The zero-order chi connectivity index (χ0) is 21.5. The molecule has 0 heterocycles. The zero-order valence-corrected chi connectivity index (χ0v) is 16.5. The van der Waals surface area contributed by atoms with Gasteiger partial charge in [0.1, 0.15) is 6.04 Å². The van der Waals surface area contributed by atoms with Crippen LogP contribution in [0, 0.1) is 0 Å². The molecule has 0 bridgehead atoms. The van der Waals surface area contributed by atoms with Gasteiger partial charge in [0, 0.05) is 24.1 Å². The van der Waals surface area contributed by atoms with E-state index in [2.05, 4.69) is 10.6 Å². The first-order valence-corrected chi connectivity index (χ1v) is 9.53. The van der Waals surface area contributed by atoms with Crippen LogP contribution in [0.1, 0.15) is 34.3 Å². The minimum atomic E-state index is -0.966. The molecule has 0 saturated carbocycles. The monoisotopic (exact) mass is 401 g/mol. The number of hydrogen-bond donors (Lipinski definition) is 3. The van der Waals surface area contributed by atoms with Gasteiger partial charge in [-0.2, -0.15) is 0 Å². The third-order valence-corrected chi connectivity index (χ3v) is 4.69. The number of nitrogens with two attached hydrogens (primary N) is 1. The van der Waals surface area contributed by atoms with Crippen LogP contribution >= 0.6 is 0 Å². The van der Waals surface area contributed by atoms with Gasteiger partial charge in [0.05, 0.1) is 0 Å². The number of amides is 3. The fraction of sp³-hybridized carbons (Fsp3) is 0.125. The van der Waals surface area contributed by atoms with Gasteiger partial charge >= 0.3 is 0 Å². The van der Waals surface area contributed by atoms with Crippen molar-refractivity contribution in [3.8, 4) is 0 Å². The van der Waals surface area contributed by atoms with Gasteiger partial charge in [0.15, 0.2) is 0 Å². The Morgan fingerprint density at radius 1 is 0.800 bits per heavy atom. The first kappa shape index (κ1) is 20.8. The van der Waals surface area contributed by atoms with Crippen molar-refractivity contribution in [1.29, 1.82) is 0 Å². The van der Waals surface area contributed by atoms with Gasteiger partial charge < -0.3 is 16.4 Å². The van der Waals surface area contributed by atoms with E-state index in [4.69, 9.17) is 5.73 Å². The van der Waals surface area contributed by atoms with E-state index in [1.54, 1.807) is 24.3 Å². The van der Waals surface area contributed by atoms with Crippen molar-refractivity contribution in [2.45, 2.75) is 18.9 Å². The summed E-state index contributed by atoms with van der Waals surface area (Å²) in [6.45, 7) is 1.39. The molecule has 0 spiro atoms. The van der Waals surface area contributed by atoms with Crippen molar-refractivity contribution in [2.75, 3.05) is 5.32 Å². The summed E-state index contributed by atoms with van der Waals surface area (Å²) in [7, 11) is 0. The van der Waals surface area contributed by atoms with Crippen molar-refractivity contribution < 1.29 is 14.4 Å². The lowest BCUT2D eigenvalue weighted by molar-refractivity contribution is -0.120. The van der Waals surface area contributed by atoms with Crippen LogP contribution < -0.4 is 16.4 Å². The maximum Gasteiger partial charge on any atom is 0.252 e. The molecule has 0 fully saturated rings. The molecule has 3 aromatic rings. The Morgan fingerprint density at radius 3 is 1.87 bits per heavy atom. The van der Waals surface area contributed by atoms with Crippen LogP contribution in [0.4, 0.5) is 5.69 Å². The largest absolute Gasteiger partial charge is 0.368 e. The minimum Gasteiger partial charge on any atom is -0.368 e. The van der Waals surface area contributed by atoms with E-state index in [0.717, 1.165) is 11.1 Å². The molecule has 30 heavy (non-hydrogen) atoms. The molecule has 0 unspecified atom stereocenters. The van der Waals surface area contributed by atoms with Crippen molar-refractivity contribution in [3.63, 3.8) is 0 Å². The zero-order valence-electron chi connectivity index (χ0n) is 16.5. The van der Waals surface area contributed by atoms with Crippen LogP contribution in [0.3, 0.4) is 0 Å². The Kier molecular flexibility index (Phi) is 6.60. The van der Waals surface area contributed by atoms with Gasteiger partial charge in [0.25, 0.3) is 5.91 Å². The number of rotatable bonds is 7. The van der Waals surface area contributed by atoms with Crippen molar-refractivity contribution >= 4 is 23.4 Å². The Morgan fingerprint density at radius 2 is 1.37 bits per heavy atom. The molecule has 6 heteroatoms. The number of nitrogens with one attached hydrogen (secondary N) is 2. The molecular formula is C24H23N3O3. The van der Waals surface area contributed by atoms with Gasteiger partial charge in [0.2, 0.25) is 11.8 Å². The Balaban J connectivity index is 1.94. The van der Waals surface area contributed by atoms with Gasteiger partial charge in [-0.1, -0.05) is 66.7 Å². The van der Waals surface area contributed by atoms with Crippen molar-refractivity contribution in [2.24, 2.45) is 5.73 Å². The second kappa shape index (κ2) is 9.52. The van der Waals surface area contributed by atoms with Gasteiger partial charge in [-0.05, 0) is 29.3 Å². The minimum absolute atomic E-state index is 0.240. The lowest BCUT2D eigenvalue weighted by Gasteiger charge is -2.27. The fourth-order valence-electron chi connectivity index (χ4n) is 3.38. The van der Waals surface area contributed by atoms with Gasteiger partial charge in [-0.25, -0.2) is 0 Å². The molecule has 4 N–H and O–H groups in total. The third kappa shape index (κ3) is 5.11. The highest BCUT2D eigenvalue weighted by molar-refractivity contribution is 5.99. The summed E-state index contributed by atoms with van der Waals surface area (Å²) in [5.74, 6) is -1.79. The molecule has 152 valence electrons. The summed E-state index contributed by atoms with van der Waals surface area (Å²) in [5.41, 5.74) is 8.25. The molecule has 0 aliphatic heterocycles. The summed E-state index contributed by atoms with van der Waals surface area (Å²) in [5, 5.41) is 5.42. The predicted octanol–water partition coefficient (Wildman–Crippen LogP) is 3.06. The molecule has 0 saturated heterocycles. The summed E-state index contributed by atoms with van der Waals surface area (Å²) < 4.78 is 0. The van der Waals surface area contributed by atoms with Crippen LogP contribution in [0.15, 0.2) is 84.9 Å². The molecule has 1 atom stereocenters. The molecule has 3 rings (SSSR count). The maximum absolute atomic E-state index is 12.9. The van der Waals surface area contributed by atoms with Crippen LogP contribution in [0.5, 0.6) is 0 Å². The summed E-state index contributed by atoms with van der Waals surface area (Å²) >= 11 is 0. The van der Waals surface area contributed by atoms with Crippen molar-refractivity contribution in [1.82, 2.24) is 5.32 Å². The standard InChI is InChI=1S/C24H23N3O3/c1-16(28)26-20-14-8-13-19(15-20)24(30)27-22(23(25)29)21(17-9-4-2-5-10-17)18-11-6-3-7-12-18/h2-15,21-22H,1H3,(H2,25,29)(H,26,28)(H,27,30)/t22-/m0/s1. The first-order valence-electron chi connectivity index (χ1n) is 9.53. The molecule has 0 aliphatic rings. The number of primary amides is 1. The predicted molar refractivity (Wildman–Crippen MR) is 116 cm³/mol. The summed E-state index contributed by atoms with van der Waals surface area (Å²) in [6.07, 6.45) is 0. The van der Waals surface area contributed by atoms with Crippen LogP contribution in [-0.2, 0) is 9.59 Å². The normalized spacial score (nSPS) is 11.5. The molecule has 0 aromatic heterocycles. The van der Waals surface area contributed by atoms with E-state index in [1.807, 2.05) is 60.7 Å². The first-order chi connectivity index (χ1) is 14.5. The third-order valence-electron chi connectivity index (χ3n) is 4.69. The van der Waals surface area contributed by atoms with Crippen LogP contribution in [0.25, 0.3) is 0 Å². The highest BCUT2D eigenvalue weighted by Crippen LogP contribution is 2.28. The lowest BCUT2D eigenvalue weighted by atomic mass is 9.84.